The second kappa shape index (κ2) is 5.01. The Bertz CT molecular complexity index is 545. The van der Waals surface area contributed by atoms with Gasteiger partial charge in [-0.05, 0) is 37.3 Å². The molecule has 3 rings (SSSR count). The van der Waals surface area contributed by atoms with E-state index in [-0.39, 0.29) is 17.8 Å². The maximum Gasteiger partial charge on any atom is 0.338 e. The largest absolute Gasteiger partial charge is 0.478 e. The van der Waals surface area contributed by atoms with Gasteiger partial charge in [-0.25, -0.2) is 13.6 Å². The third-order valence-corrected chi connectivity index (χ3v) is 3.88. The van der Waals surface area contributed by atoms with E-state index in [0.717, 1.165) is 25.3 Å². The van der Waals surface area contributed by atoms with Crippen molar-refractivity contribution in [2.45, 2.75) is 31.4 Å². The summed E-state index contributed by atoms with van der Waals surface area (Å²) in [6.45, 7) is 0.607. The summed E-state index contributed by atoms with van der Waals surface area (Å²) in [5.41, 5.74) is -0.664. The van der Waals surface area contributed by atoms with E-state index < -0.39 is 23.2 Å². The van der Waals surface area contributed by atoms with E-state index in [2.05, 4.69) is 5.32 Å². The van der Waals surface area contributed by atoms with Gasteiger partial charge in [-0.3, -0.25) is 0 Å². The fourth-order valence-corrected chi connectivity index (χ4v) is 2.68. The SMILES string of the molecule is O=C(O)c1ccc(NC2CCOC2C2CC2)c(F)c1F. The van der Waals surface area contributed by atoms with Gasteiger partial charge in [-0.2, -0.15) is 0 Å². The lowest BCUT2D eigenvalue weighted by Crippen LogP contribution is -2.31. The van der Waals surface area contributed by atoms with Crippen molar-refractivity contribution < 1.29 is 23.4 Å². The number of carbonyl (C=O) groups is 1. The van der Waals surface area contributed by atoms with Gasteiger partial charge in [0.05, 0.1) is 23.4 Å². The molecule has 0 radical (unpaired) electrons. The Morgan fingerprint density at radius 3 is 2.65 bits per heavy atom. The fraction of sp³-hybridized carbons (Fsp3) is 0.500. The summed E-state index contributed by atoms with van der Waals surface area (Å²) in [7, 11) is 0. The summed E-state index contributed by atoms with van der Waals surface area (Å²) in [6.07, 6.45) is 3.00. The van der Waals surface area contributed by atoms with Crippen molar-refractivity contribution in [3.05, 3.63) is 29.3 Å². The minimum absolute atomic E-state index is 0.00588. The van der Waals surface area contributed by atoms with Crippen LogP contribution < -0.4 is 5.32 Å². The van der Waals surface area contributed by atoms with Gasteiger partial charge in [0.15, 0.2) is 11.6 Å². The number of rotatable bonds is 4. The first kappa shape index (κ1) is 13.3. The maximum absolute atomic E-state index is 13.9. The van der Waals surface area contributed by atoms with Crippen LogP contribution in [0, 0.1) is 17.6 Å². The lowest BCUT2D eigenvalue weighted by Gasteiger charge is -2.21. The normalized spacial score (nSPS) is 25.7. The number of carboxylic acids is 1. The summed E-state index contributed by atoms with van der Waals surface area (Å²) in [5, 5.41) is 11.7. The minimum Gasteiger partial charge on any atom is -0.478 e. The first-order valence-corrected chi connectivity index (χ1v) is 6.67. The molecule has 1 aromatic rings. The number of hydrogen-bond donors (Lipinski definition) is 2. The molecule has 2 fully saturated rings. The van der Waals surface area contributed by atoms with Gasteiger partial charge < -0.3 is 15.2 Å². The highest BCUT2D eigenvalue weighted by Gasteiger charge is 2.40. The summed E-state index contributed by atoms with van der Waals surface area (Å²) in [4.78, 5) is 10.7. The molecule has 108 valence electrons. The standard InChI is InChI=1S/C14H15F2NO3/c15-11-8(14(18)19)3-4-9(12(11)16)17-10-5-6-20-13(10)7-1-2-7/h3-4,7,10,13,17H,1-2,5-6H2,(H,18,19). The van der Waals surface area contributed by atoms with E-state index in [1.165, 1.54) is 6.07 Å². The lowest BCUT2D eigenvalue weighted by molar-refractivity contribution is 0.0690. The Kier molecular flexibility index (Phi) is 3.33. The molecular formula is C14H15F2NO3. The van der Waals surface area contributed by atoms with E-state index in [1.807, 2.05) is 0 Å². The first-order valence-electron chi connectivity index (χ1n) is 6.67. The van der Waals surface area contributed by atoms with Crippen molar-refractivity contribution in [3.8, 4) is 0 Å². The van der Waals surface area contributed by atoms with E-state index in [9.17, 15) is 13.6 Å². The third kappa shape index (κ3) is 2.35. The number of hydrogen-bond acceptors (Lipinski definition) is 3. The molecule has 2 N–H and O–H groups in total. The average Bonchev–Trinajstić information content (AvgIpc) is 3.15. The third-order valence-electron chi connectivity index (χ3n) is 3.88. The zero-order valence-electron chi connectivity index (χ0n) is 10.7. The van der Waals surface area contributed by atoms with Crippen LogP contribution in [0.15, 0.2) is 12.1 Å². The summed E-state index contributed by atoms with van der Waals surface area (Å²) < 4.78 is 33.1. The number of carboxylic acid groups (broad SMARTS) is 1. The monoisotopic (exact) mass is 283 g/mol. The minimum atomic E-state index is -1.48. The highest BCUT2D eigenvalue weighted by Crippen LogP contribution is 2.39. The lowest BCUT2D eigenvalue weighted by atomic mass is 10.1. The van der Waals surface area contributed by atoms with Crippen LogP contribution in [-0.2, 0) is 4.74 Å². The molecule has 2 atom stereocenters. The molecule has 1 saturated heterocycles. The molecule has 0 bridgehead atoms. The van der Waals surface area contributed by atoms with Crippen LogP contribution in [0.5, 0.6) is 0 Å². The number of ether oxygens (including phenoxy) is 1. The summed E-state index contributed by atoms with van der Waals surface area (Å²) >= 11 is 0. The number of aromatic carboxylic acids is 1. The van der Waals surface area contributed by atoms with E-state index in [1.54, 1.807) is 0 Å². The predicted octanol–water partition coefficient (Wildman–Crippen LogP) is 2.64. The van der Waals surface area contributed by atoms with E-state index >= 15 is 0 Å². The molecule has 20 heavy (non-hydrogen) atoms. The smallest absolute Gasteiger partial charge is 0.338 e. The highest BCUT2D eigenvalue weighted by molar-refractivity contribution is 5.88. The van der Waals surface area contributed by atoms with E-state index in [4.69, 9.17) is 9.84 Å². The zero-order valence-corrected chi connectivity index (χ0v) is 10.7. The van der Waals surface area contributed by atoms with Crippen molar-refractivity contribution in [1.29, 1.82) is 0 Å². The molecule has 2 unspecified atom stereocenters. The number of nitrogens with one attached hydrogen (secondary N) is 1. The van der Waals surface area contributed by atoms with Crippen molar-refractivity contribution in [2.24, 2.45) is 5.92 Å². The van der Waals surface area contributed by atoms with Crippen LogP contribution in [0.3, 0.4) is 0 Å². The van der Waals surface area contributed by atoms with Crippen molar-refractivity contribution in [2.75, 3.05) is 11.9 Å². The van der Waals surface area contributed by atoms with E-state index in [0.29, 0.717) is 12.5 Å². The van der Waals surface area contributed by atoms with Gasteiger partial charge in [-0.1, -0.05) is 0 Å². The van der Waals surface area contributed by atoms with Crippen molar-refractivity contribution in [1.82, 2.24) is 0 Å². The van der Waals surface area contributed by atoms with Crippen molar-refractivity contribution >= 4 is 11.7 Å². The Morgan fingerprint density at radius 1 is 1.25 bits per heavy atom. The Balaban J connectivity index is 1.80. The van der Waals surface area contributed by atoms with Crippen LogP contribution >= 0.6 is 0 Å². The van der Waals surface area contributed by atoms with Gasteiger partial charge in [-0.15, -0.1) is 0 Å². The quantitative estimate of drug-likeness (QED) is 0.892. The van der Waals surface area contributed by atoms with Gasteiger partial charge in [0.2, 0.25) is 0 Å². The summed E-state index contributed by atoms with van der Waals surface area (Å²) in [5.74, 6) is -3.45. The Morgan fingerprint density at radius 2 is 2.00 bits per heavy atom. The van der Waals surface area contributed by atoms with Crippen molar-refractivity contribution in [3.63, 3.8) is 0 Å². The molecule has 1 heterocycles. The van der Waals surface area contributed by atoms with Gasteiger partial charge >= 0.3 is 5.97 Å². The van der Waals surface area contributed by atoms with Gasteiger partial charge in [0.1, 0.15) is 0 Å². The maximum atomic E-state index is 13.9. The van der Waals surface area contributed by atoms with Crippen LogP contribution in [0.2, 0.25) is 0 Å². The molecular weight excluding hydrogens is 268 g/mol. The molecule has 4 nitrogen and oxygen atoms in total. The molecule has 0 spiro atoms. The van der Waals surface area contributed by atoms with Crippen LogP contribution in [0.25, 0.3) is 0 Å². The molecule has 6 heteroatoms. The van der Waals surface area contributed by atoms with Gasteiger partial charge in [0, 0.05) is 6.61 Å². The highest BCUT2D eigenvalue weighted by atomic mass is 19.2. The zero-order chi connectivity index (χ0) is 14.3. The van der Waals surface area contributed by atoms with Crippen LogP contribution in [0.1, 0.15) is 29.6 Å². The topological polar surface area (TPSA) is 58.6 Å². The molecule has 1 aromatic carbocycles. The van der Waals surface area contributed by atoms with Crippen LogP contribution in [0.4, 0.5) is 14.5 Å². The predicted molar refractivity (Wildman–Crippen MR) is 67.8 cm³/mol. The first-order chi connectivity index (χ1) is 9.58. The second-order valence-corrected chi connectivity index (χ2v) is 5.31. The van der Waals surface area contributed by atoms with Gasteiger partial charge in [0.25, 0.3) is 0 Å². The number of anilines is 1. The number of halogens is 2. The molecule has 1 saturated carbocycles. The summed E-state index contributed by atoms with van der Waals surface area (Å²) in [6, 6.07) is 2.29. The number of benzene rings is 1. The molecule has 1 aliphatic carbocycles. The molecule has 0 aromatic heterocycles. The molecule has 0 amide bonds. The van der Waals surface area contributed by atoms with Crippen LogP contribution in [-0.4, -0.2) is 29.8 Å². The fourth-order valence-electron chi connectivity index (χ4n) is 2.68. The molecule has 1 aliphatic heterocycles. The molecule has 2 aliphatic rings. The second-order valence-electron chi connectivity index (χ2n) is 5.31. The Labute approximate surface area is 114 Å². The average molecular weight is 283 g/mol. The Hall–Kier alpha value is -1.69.